The largest absolute Gasteiger partial charge is 0.493 e. The van der Waals surface area contributed by atoms with Crippen LogP contribution in [0.5, 0.6) is 11.5 Å². The van der Waals surface area contributed by atoms with Crippen LogP contribution in [0.4, 0.5) is 20.6 Å². The summed E-state index contributed by atoms with van der Waals surface area (Å²) in [5, 5.41) is 13.3. The number of methoxy groups -OCH3 is 1. The average Bonchev–Trinajstić information content (AvgIpc) is 3.17. The fraction of sp³-hybridized carbons (Fsp3) is 0.115. The fourth-order valence-electron chi connectivity index (χ4n) is 3.54. The number of hydrogen-bond donors (Lipinski definition) is 1. The van der Waals surface area contributed by atoms with Gasteiger partial charge in [-0.3, -0.25) is 29.4 Å². The maximum Gasteiger partial charge on any atom is 0.294 e. The van der Waals surface area contributed by atoms with Crippen molar-refractivity contribution < 1.29 is 33.2 Å². The molecule has 0 aromatic heterocycles. The number of rotatable bonds is 9. The smallest absolute Gasteiger partial charge is 0.294 e. The van der Waals surface area contributed by atoms with Crippen molar-refractivity contribution in [2.24, 2.45) is 0 Å². The minimum atomic E-state index is -0.810. The predicted molar refractivity (Wildman–Crippen MR) is 143 cm³/mol. The first-order valence-corrected chi connectivity index (χ1v) is 12.4. The Balaban J connectivity index is 1.54. The number of amides is 3. The third-order valence-electron chi connectivity index (χ3n) is 5.41. The van der Waals surface area contributed by atoms with Crippen LogP contribution in [0.15, 0.2) is 65.6 Å². The van der Waals surface area contributed by atoms with Crippen molar-refractivity contribution in [3.63, 3.8) is 0 Å². The lowest BCUT2D eigenvalue weighted by atomic mass is 10.1. The number of benzene rings is 3. The van der Waals surface area contributed by atoms with E-state index < -0.39 is 34.3 Å². The van der Waals surface area contributed by atoms with E-state index in [9.17, 15) is 28.9 Å². The molecule has 3 aromatic rings. The van der Waals surface area contributed by atoms with Gasteiger partial charge in [0.05, 0.1) is 33.6 Å². The monoisotopic (exact) mass is 571 g/mol. The quantitative estimate of drug-likeness (QED) is 0.198. The van der Waals surface area contributed by atoms with Crippen molar-refractivity contribution in [2.45, 2.75) is 6.61 Å². The van der Waals surface area contributed by atoms with E-state index in [1.807, 2.05) is 30.3 Å². The standard InChI is InChI=1S/C26H19ClFN3O7S/c1-37-21-9-16(20(31(35)36)12-22(21)38-14-15-5-3-2-4-6-15)10-23-25(33)30(26(34)39-23)13-24(32)29-17-7-8-19(28)18(27)11-17/h2-12H,13-14H2,1H3,(H,29,32)/b23-10+. The van der Waals surface area contributed by atoms with E-state index in [0.29, 0.717) is 16.7 Å². The molecule has 4 rings (SSSR count). The van der Waals surface area contributed by atoms with Crippen molar-refractivity contribution in [2.75, 3.05) is 19.0 Å². The fourth-order valence-corrected chi connectivity index (χ4v) is 4.55. The lowest BCUT2D eigenvalue weighted by molar-refractivity contribution is -0.385. The van der Waals surface area contributed by atoms with Crippen molar-refractivity contribution in [1.29, 1.82) is 0 Å². The van der Waals surface area contributed by atoms with Gasteiger partial charge in [0.2, 0.25) is 5.91 Å². The molecule has 1 saturated heterocycles. The van der Waals surface area contributed by atoms with E-state index in [-0.39, 0.29) is 45.0 Å². The van der Waals surface area contributed by atoms with E-state index in [1.165, 1.54) is 37.5 Å². The summed E-state index contributed by atoms with van der Waals surface area (Å²) < 4.78 is 24.4. The van der Waals surface area contributed by atoms with Crippen LogP contribution in [0.3, 0.4) is 0 Å². The topological polar surface area (TPSA) is 128 Å². The van der Waals surface area contributed by atoms with Gasteiger partial charge in [-0.2, -0.15) is 0 Å². The molecule has 10 nitrogen and oxygen atoms in total. The molecule has 0 saturated carbocycles. The van der Waals surface area contributed by atoms with Gasteiger partial charge in [0.15, 0.2) is 11.5 Å². The molecule has 1 fully saturated rings. The van der Waals surface area contributed by atoms with Gasteiger partial charge in [0.1, 0.15) is 19.0 Å². The molecule has 1 aliphatic rings. The molecule has 0 bridgehead atoms. The first-order chi connectivity index (χ1) is 18.7. The zero-order valence-electron chi connectivity index (χ0n) is 20.2. The number of thioether (sulfide) groups is 1. The van der Waals surface area contributed by atoms with E-state index in [0.717, 1.165) is 11.6 Å². The van der Waals surface area contributed by atoms with Crippen LogP contribution in [0.2, 0.25) is 5.02 Å². The summed E-state index contributed by atoms with van der Waals surface area (Å²) in [7, 11) is 1.36. The summed E-state index contributed by atoms with van der Waals surface area (Å²) in [5.41, 5.74) is 0.633. The number of nitro benzene ring substituents is 1. The maximum atomic E-state index is 13.3. The second-order valence-electron chi connectivity index (χ2n) is 8.04. The minimum absolute atomic E-state index is 0.000170. The zero-order chi connectivity index (χ0) is 28.1. The van der Waals surface area contributed by atoms with E-state index in [4.69, 9.17) is 21.1 Å². The number of anilines is 1. The van der Waals surface area contributed by atoms with Gasteiger partial charge in [-0.25, -0.2) is 4.39 Å². The average molecular weight is 572 g/mol. The van der Waals surface area contributed by atoms with Gasteiger partial charge in [0, 0.05) is 5.69 Å². The minimum Gasteiger partial charge on any atom is -0.493 e. The van der Waals surface area contributed by atoms with Gasteiger partial charge < -0.3 is 14.8 Å². The molecular formula is C26H19ClFN3O7S. The number of carbonyl (C=O) groups excluding carboxylic acids is 3. The summed E-state index contributed by atoms with van der Waals surface area (Å²) in [6.07, 6.45) is 1.18. The molecule has 0 aliphatic carbocycles. The summed E-state index contributed by atoms with van der Waals surface area (Å²) in [6.45, 7) is -0.493. The molecule has 0 spiro atoms. The lowest BCUT2D eigenvalue weighted by Gasteiger charge is -2.13. The van der Waals surface area contributed by atoms with Crippen molar-refractivity contribution in [3.8, 4) is 11.5 Å². The first kappa shape index (κ1) is 27.6. The van der Waals surface area contributed by atoms with Crippen LogP contribution < -0.4 is 14.8 Å². The zero-order valence-corrected chi connectivity index (χ0v) is 21.8. The van der Waals surface area contributed by atoms with E-state index >= 15 is 0 Å². The Morgan fingerprint density at radius 3 is 2.56 bits per heavy atom. The van der Waals surface area contributed by atoms with Gasteiger partial charge in [-0.15, -0.1) is 0 Å². The number of nitrogens with one attached hydrogen (secondary N) is 1. The summed E-state index contributed by atoms with van der Waals surface area (Å²) in [5.74, 6) is -1.91. The molecule has 39 heavy (non-hydrogen) atoms. The van der Waals surface area contributed by atoms with E-state index in [2.05, 4.69) is 5.32 Å². The molecule has 1 N–H and O–H groups in total. The molecule has 3 aromatic carbocycles. The summed E-state index contributed by atoms with van der Waals surface area (Å²) in [4.78, 5) is 49.5. The van der Waals surface area contributed by atoms with Crippen LogP contribution in [-0.2, 0) is 16.2 Å². The Morgan fingerprint density at radius 1 is 1.15 bits per heavy atom. The van der Waals surface area contributed by atoms with Crippen LogP contribution in [-0.4, -0.2) is 40.5 Å². The SMILES string of the molecule is COc1cc(/C=C2/SC(=O)N(CC(=O)Nc3ccc(F)c(Cl)c3)C2=O)c([N+](=O)[O-])cc1OCc1ccccc1. The number of carbonyl (C=O) groups is 3. The Hall–Kier alpha value is -4.42. The van der Waals surface area contributed by atoms with Crippen molar-refractivity contribution in [1.82, 2.24) is 4.90 Å². The highest BCUT2D eigenvalue weighted by atomic mass is 35.5. The van der Waals surface area contributed by atoms with Gasteiger partial charge in [0.25, 0.3) is 16.8 Å². The third-order valence-corrected chi connectivity index (χ3v) is 6.61. The number of halogens is 2. The number of hydrogen-bond acceptors (Lipinski definition) is 8. The van der Waals surface area contributed by atoms with Crippen LogP contribution in [0.25, 0.3) is 6.08 Å². The Labute approximate surface area is 230 Å². The molecule has 3 amide bonds. The van der Waals surface area contributed by atoms with Crippen LogP contribution in [0.1, 0.15) is 11.1 Å². The van der Waals surface area contributed by atoms with Gasteiger partial charge in [-0.05, 0) is 47.7 Å². The Kier molecular flexibility index (Phi) is 8.47. The Bertz CT molecular complexity index is 1500. The second kappa shape index (κ2) is 12.0. The highest BCUT2D eigenvalue weighted by Gasteiger charge is 2.37. The highest BCUT2D eigenvalue weighted by Crippen LogP contribution is 2.39. The predicted octanol–water partition coefficient (Wildman–Crippen LogP) is 5.65. The highest BCUT2D eigenvalue weighted by molar-refractivity contribution is 8.18. The number of nitro groups is 1. The van der Waals surface area contributed by atoms with Crippen LogP contribution >= 0.6 is 23.4 Å². The van der Waals surface area contributed by atoms with Gasteiger partial charge in [-0.1, -0.05) is 41.9 Å². The summed E-state index contributed by atoms with van der Waals surface area (Å²) in [6, 6.07) is 15.2. The summed E-state index contributed by atoms with van der Waals surface area (Å²) >= 11 is 6.23. The van der Waals surface area contributed by atoms with Crippen LogP contribution in [0, 0.1) is 15.9 Å². The first-order valence-electron chi connectivity index (χ1n) is 11.2. The molecule has 0 unspecified atom stereocenters. The molecule has 0 atom stereocenters. The van der Waals surface area contributed by atoms with Crippen molar-refractivity contribution in [3.05, 3.63) is 97.6 Å². The molecule has 200 valence electrons. The maximum absolute atomic E-state index is 13.3. The molecular weight excluding hydrogens is 553 g/mol. The normalized spacial score (nSPS) is 14.0. The molecule has 13 heteroatoms. The molecule has 1 heterocycles. The third kappa shape index (κ3) is 6.54. The lowest BCUT2D eigenvalue weighted by Crippen LogP contribution is -2.36. The second-order valence-corrected chi connectivity index (χ2v) is 9.44. The Morgan fingerprint density at radius 2 is 1.90 bits per heavy atom. The number of imide groups is 1. The van der Waals surface area contributed by atoms with Gasteiger partial charge >= 0.3 is 0 Å². The van der Waals surface area contributed by atoms with E-state index in [1.54, 1.807) is 0 Å². The molecule has 1 aliphatic heterocycles. The number of nitrogens with zero attached hydrogens (tertiary/aromatic N) is 2. The number of ether oxygens (including phenoxy) is 2. The molecule has 0 radical (unpaired) electrons. The van der Waals surface area contributed by atoms with Crippen molar-refractivity contribution >= 4 is 57.9 Å².